The summed E-state index contributed by atoms with van der Waals surface area (Å²) in [5.41, 5.74) is 3.63. The standard InChI is InChI=1S/C24H27N3O4/c1-15-11-18(5-6-22(15)29)21-13-20(25-24(31)26-21)17-3-2-4-19(12-17)23(30)27-9-7-16(14-28)8-10-27/h2-6,11-13,16,23,28-30H,7-10,14H2,1H3,(H,25,26,31). The van der Waals surface area contributed by atoms with Gasteiger partial charge in [0.05, 0.1) is 11.4 Å². The van der Waals surface area contributed by atoms with Crippen molar-refractivity contribution in [1.82, 2.24) is 14.9 Å². The van der Waals surface area contributed by atoms with Crippen LogP contribution in [0, 0.1) is 12.8 Å². The maximum Gasteiger partial charge on any atom is 0.345 e. The number of nitrogens with zero attached hydrogens (tertiary/aromatic N) is 2. The normalized spacial score (nSPS) is 16.4. The Morgan fingerprint density at radius 2 is 1.90 bits per heavy atom. The van der Waals surface area contributed by atoms with Gasteiger partial charge in [0.2, 0.25) is 0 Å². The van der Waals surface area contributed by atoms with Gasteiger partial charge in [-0.1, -0.05) is 18.2 Å². The molecule has 0 saturated carbocycles. The minimum absolute atomic E-state index is 0.191. The highest BCUT2D eigenvalue weighted by Gasteiger charge is 2.24. The van der Waals surface area contributed by atoms with E-state index in [0.717, 1.165) is 42.6 Å². The number of H-pyrrole nitrogens is 1. The van der Waals surface area contributed by atoms with Crippen molar-refractivity contribution in [1.29, 1.82) is 0 Å². The minimum atomic E-state index is -0.749. The average molecular weight is 421 g/mol. The van der Waals surface area contributed by atoms with Gasteiger partial charge in [-0.05, 0) is 72.7 Å². The van der Waals surface area contributed by atoms with E-state index in [9.17, 15) is 20.1 Å². The number of aryl methyl sites for hydroxylation is 1. The van der Waals surface area contributed by atoms with Gasteiger partial charge in [-0.3, -0.25) is 4.90 Å². The van der Waals surface area contributed by atoms with E-state index in [1.54, 1.807) is 31.2 Å². The Morgan fingerprint density at radius 3 is 2.61 bits per heavy atom. The highest BCUT2D eigenvalue weighted by Crippen LogP contribution is 2.29. The lowest BCUT2D eigenvalue weighted by molar-refractivity contribution is -0.0238. The number of benzene rings is 2. The Morgan fingerprint density at radius 1 is 1.13 bits per heavy atom. The van der Waals surface area contributed by atoms with Crippen molar-refractivity contribution in [2.24, 2.45) is 5.92 Å². The molecule has 0 bridgehead atoms. The van der Waals surface area contributed by atoms with Crippen LogP contribution >= 0.6 is 0 Å². The molecule has 1 fully saturated rings. The van der Waals surface area contributed by atoms with Crippen LogP contribution in [0.3, 0.4) is 0 Å². The van der Waals surface area contributed by atoms with Crippen molar-refractivity contribution < 1.29 is 15.3 Å². The van der Waals surface area contributed by atoms with Crippen LogP contribution in [0.15, 0.2) is 53.3 Å². The monoisotopic (exact) mass is 421 g/mol. The highest BCUT2D eigenvalue weighted by molar-refractivity contribution is 5.68. The first-order chi connectivity index (χ1) is 14.9. The molecule has 1 aromatic heterocycles. The molecule has 31 heavy (non-hydrogen) atoms. The molecule has 3 aromatic rings. The summed E-state index contributed by atoms with van der Waals surface area (Å²) < 4.78 is 0. The largest absolute Gasteiger partial charge is 0.508 e. The minimum Gasteiger partial charge on any atom is -0.508 e. The molecule has 0 spiro atoms. The number of piperidine rings is 1. The first-order valence-corrected chi connectivity index (χ1v) is 10.5. The average Bonchev–Trinajstić information content (AvgIpc) is 2.80. The van der Waals surface area contributed by atoms with Gasteiger partial charge in [-0.2, -0.15) is 4.98 Å². The van der Waals surface area contributed by atoms with Crippen LogP contribution in [0.5, 0.6) is 5.75 Å². The highest BCUT2D eigenvalue weighted by atomic mass is 16.3. The van der Waals surface area contributed by atoms with Crippen LogP contribution in [0.4, 0.5) is 0 Å². The van der Waals surface area contributed by atoms with E-state index in [0.29, 0.717) is 22.9 Å². The van der Waals surface area contributed by atoms with Crippen molar-refractivity contribution >= 4 is 0 Å². The van der Waals surface area contributed by atoms with Gasteiger partial charge < -0.3 is 20.3 Å². The van der Waals surface area contributed by atoms with Crippen LogP contribution in [0.25, 0.3) is 22.5 Å². The van der Waals surface area contributed by atoms with Gasteiger partial charge in [-0.15, -0.1) is 0 Å². The van der Waals surface area contributed by atoms with Crippen LogP contribution in [0.2, 0.25) is 0 Å². The number of aromatic nitrogens is 2. The number of phenols is 1. The van der Waals surface area contributed by atoms with Crippen molar-refractivity contribution in [3.8, 4) is 28.3 Å². The molecule has 2 heterocycles. The third-order valence-electron chi connectivity index (χ3n) is 5.99. The second kappa shape index (κ2) is 9.01. The topological polar surface area (TPSA) is 110 Å². The van der Waals surface area contributed by atoms with Gasteiger partial charge in [-0.25, -0.2) is 4.79 Å². The molecule has 0 amide bonds. The summed E-state index contributed by atoms with van der Waals surface area (Å²) >= 11 is 0. The van der Waals surface area contributed by atoms with E-state index in [1.165, 1.54) is 0 Å². The Hall–Kier alpha value is -3.00. The zero-order valence-electron chi connectivity index (χ0n) is 17.5. The number of hydrogen-bond acceptors (Lipinski definition) is 6. The molecule has 1 atom stereocenters. The van der Waals surface area contributed by atoms with E-state index in [2.05, 4.69) is 9.97 Å². The molecule has 1 unspecified atom stereocenters. The maximum atomic E-state index is 12.2. The number of nitrogens with one attached hydrogen (secondary N) is 1. The summed E-state index contributed by atoms with van der Waals surface area (Å²) in [6, 6.07) is 14.4. The molecular weight excluding hydrogens is 394 g/mol. The number of phenolic OH excluding ortho intramolecular Hbond substituents is 1. The molecule has 162 valence electrons. The number of hydrogen-bond donors (Lipinski definition) is 4. The zero-order chi connectivity index (χ0) is 22.0. The van der Waals surface area contributed by atoms with Gasteiger partial charge in [0.15, 0.2) is 0 Å². The first-order valence-electron chi connectivity index (χ1n) is 10.5. The Balaban J connectivity index is 1.62. The van der Waals surface area contributed by atoms with Gasteiger partial charge in [0, 0.05) is 25.3 Å². The molecule has 1 saturated heterocycles. The lowest BCUT2D eigenvalue weighted by Gasteiger charge is -2.34. The molecule has 7 heteroatoms. The van der Waals surface area contributed by atoms with Crippen LogP contribution < -0.4 is 5.69 Å². The summed E-state index contributed by atoms with van der Waals surface area (Å²) in [7, 11) is 0. The summed E-state index contributed by atoms with van der Waals surface area (Å²) in [4.78, 5) is 21.1. The fraction of sp³-hybridized carbons (Fsp3) is 0.333. The molecule has 4 N–H and O–H groups in total. The van der Waals surface area contributed by atoms with E-state index in [-0.39, 0.29) is 12.4 Å². The fourth-order valence-electron chi connectivity index (χ4n) is 4.03. The Labute approximate surface area is 180 Å². The van der Waals surface area contributed by atoms with Crippen molar-refractivity contribution in [3.63, 3.8) is 0 Å². The summed E-state index contributed by atoms with van der Waals surface area (Å²) in [6.45, 7) is 3.44. The van der Waals surface area contributed by atoms with Crippen molar-refractivity contribution in [3.05, 3.63) is 70.1 Å². The molecular formula is C24H27N3O4. The molecule has 0 aliphatic carbocycles. The van der Waals surface area contributed by atoms with Crippen LogP contribution in [-0.2, 0) is 0 Å². The first kappa shape index (κ1) is 21.2. The van der Waals surface area contributed by atoms with E-state index in [1.807, 2.05) is 29.2 Å². The lowest BCUT2D eigenvalue weighted by Crippen LogP contribution is -2.37. The molecule has 0 radical (unpaired) electrons. The molecule has 1 aliphatic rings. The van der Waals surface area contributed by atoms with Crippen LogP contribution in [0.1, 0.15) is 30.2 Å². The zero-order valence-corrected chi connectivity index (χ0v) is 17.5. The van der Waals surface area contributed by atoms with Gasteiger partial charge in [0.25, 0.3) is 0 Å². The number of aliphatic hydroxyl groups is 2. The van der Waals surface area contributed by atoms with Crippen molar-refractivity contribution in [2.45, 2.75) is 26.0 Å². The predicted molar refractivity (Wildman–Crippen MR) is 118 cm³/mol. The third kappa shape index (κ3) is 4.69. The maximum absolute atomic E-state index is 12.2. The third-order valence-corrected chi connectivity index (χ3v) is 5.99. The SMILES string of the molecule is Cc1cc(-c2cc(-c3cccc(C(O)N4CCC(CO)CC4)c3)nc(=O)[nH]2)ccc1O. The van der Waals surface area contributed by atoms with Gasteiger partial charge in [0.1, 0.15) is 12.0 Å². The molecule has 4 rings (SSSR count). The predicted octanol–water partition coefficient (Wildman–Crippen LogP) is 2.81. The van der Waals surface area contributed by atoms with E-state index < -0.39 is 11.9 Å². The second-order valence-electron chi connectivity index (χ2n) is 8.15. The van der Waals surface area contributed by atoms with E-state index >= 15 is 0 Å². The van der Waals surface area contributed by atoms with E-state index in [4.69, 9.17) is 0 Å². The Bertz CT molecular complexity index is 1120. The molecule has 2 aromatic carbocycles. The fourth-order valence-corrected chi connectivity index (χ4v) is 4.03. The smallest absolute Gasteiger partial charge is 0.345 e. The van der Waals surface area contributed by atoms with Crippen molar-refractivity contribution in [2.75, 3.05) is 19.7 Å². The number of aliphatic hydroxyl groups excluding tert-OH is 2. The summed E-state index contributed by atoms with van der Waals surface area (Å²) in [5.74, 6) is 0.502. The molecule has 7 nitrogen and oxygen atoms in total. The molecule has 1 aliphatic heterocycles. The van der Waals surface area contributed by atoms with Gasteiger partial charge >= 0.3 is 5.69 Å². The number of rotatable bonds is 5. The summed E-state index contributed by atoms with van der Waals surface area (Å²) in [5, 5.41) is 30.0. The second-order valence-corrected chi connectivity index (χ2v) is 8.15. The lowest BCUT2D eigenvalue weighted by atomic mass is 9.96. The number of aromatic amines is 1. The number of aromatic hydroxyl groups is 1. The Kier molecular flexibility index (Phi) is 6.18. The quantitative estimate of drug-likeness (QED) is 0.504. The number of likely N-dealkylation sites (tertiary alicyclic amines) is 1. The van der Waals surface area contributed by atoms with Crippen LogP contribution in [-0.4, -0.2) is 49.9 Å². The summed E-state index contributed by atoms with van der Waals surface area (Å²) in [6.07, 6.45) is 0.970.